The Morgan fingerprint density at radius 3 is 2.55 bits per heavy atom. The number of halogens is 1. The molecular weight excluding hydrogens is 390 g/mol. The molecule has 0 spiro atoms. The van der Waals surface area contributed by atoms with E-state index in [2.05, 4.69) is 10.2 Å². The average molecular weight is 412 g/mol. The Labute approximate surface area is 174 Å². The van der Waals surface area contributed by atoms with Crippen molar-refractivity contribution in [2.75, 3.05) is 0 Å². The number of rotatable bonds is 7. The molecule has 1 saturated carbocycles. The fraction of sp³-hybridized carbons (Fsp3) is 0.318. The highest BCUT2D eigenvalue weighted by Gasteiger charge is 2.34. The van der Waals surface area contributed by atoms with E-state index in [9.17, 15) is 4.79 Å². The van der Waals surface area contributed by atoms with Crippen molar-refractivity contribution in [3.05, 3.63) is 65.0 Å². The molecule has 4 rings (SSSR count). The van der Waals surface area contributed by atoms with Gasteiger partial charge in [0, 0.05) is 11.6 Å². The SMILES string of the molecule is CC(C)Oc1ccc(C(=O)N(Cc2nnc(-c3ccccc3Cl)o2)C2CC2)cc1. The van der Waals surface area contributed by atoms with Crippen LogP contribution < -0.4 is 4.74 Å². The molecule has 1 aromatic heterocycles. The second-order valence-electron chi connectivity index (χ2n) is 7.34. The molecule has 1 heterocycles. The topological polar surface area (TPSA) is 68.5 Å². The van der Waals surface area contributed by atoms with Gasteiger partial charge in [-0.05, 0) is 63.1 Å². The molecule has 0 bridgehead atoms. The van der Waals surface area contributed by atoms with Crippen LogP contribution in [0.4, 0.5) is 0 Å². The van der Waals surface area contributed by atoms with E-state index in [1.807, 2.05) is 44.2 Å². The van der Waals surface area contributed by atoms with Crippen LogP contribution in [0, 0.1) is 0 Å². The molecule has 7 heteroatoms. The van der Waals surface area contributed by atoms with Crippen molar-refractivity contribution in [1.29, 1.82) is 0 Å². The zero-order chi connectivity index (χ0) is 20.4. The van der Waals surface area contributed by atoms with Gasteiger partial charge in [-0.15, -0.1) is 10.2 Å². The van der Waals surface area contributed by atoms with Gasteiger partial charge in [0.1, 0.15) is 5.75 Å². The number of aromatic nitrogens is 2. The summed E-state index contributed by atoms with van der Waals surface area (Å²) in [5.74, 6) is 1.43. The molecule has 3 aromatic rings. The Bertz CT molecular complexity index is 997. The molecule has 0 radical (unpaired) electrons. The van der Waals surface area contributed by atoms with E-state index in [0.29, 0.717) is 27.9 Å². The average Bonchev–Trinajstić information content (AvgIpc) is 3.44. The molecule has 2 aromatic carbocycles. The van der Waals surface area contributed by atoms with Crippen molar-refractivity contribution in [3.8, 4) is 17.2 Å². The Balaban J connectivity index is 1.50. The van der Waals surface area contributed by atoms with Gasteiger partial charge < -0.3 is 14.1 Å². The predicted octanol–water partition coefficient (Wildman–Crippen LogP) is 4.98. The van der Waals surface area contributed by atoms with E-state index < -0.39 is 0 Å². The second-order valence-corrected chi connectivity index (χ2v) is 7.74. The first kappa shape index (κ1) is 19.5. The van der Waals surface area contributed by atoms with Gasteiger partial charge in [0.25, 0.3) is 5.91 Å². The second kappa shape index (κ2) is 8.25. The van der Waals surface area contributed by atoms with Crippen LogP contribution in [0.3, 0.4) is 0 Å². The van der Waals surface area contributed by atoms with Crippen LogP contribution in [0.15, 0.2) is 52.9 Å². The van der Waals surface area contributed by atoms with Crippen molar-refractivity contribution in [3.63, 3.8) is 0 Å². The van der Waals surface area contributed by atoms with Crippen LogP contribution in [0.25, 0.3) is 11.5 Å². The van der Waals surface area contributed by atoms with Crippen LogP contribution in [-0.2, 0) is 6.54 Å². The molecule has 0 N–H and O–H groups in total. The summed E-state index contributed by atoms with van der Waals surface area (Å²) in [7, 11) is 0. The summed E-state index contributed by atoms with van der Waals surface area (Å²) < 4.78 is 11.4. The number of amides is 1. The quantitative estimate of drug-likeness (QED) is 0.548. The third-order valence-electron chi connectivity index (χ3n) is 4.60. The van der Waals surface area contributed by atoms with Gasteiger partial charge in [-0.1, -0.05) is 23.7 Å². The minimum atomic E-state index is -0.0545. The zero-order valence-corrected chi connectivity index (χ0v) is 17.1. The van der Waals surface area contributed by atoms with E-state index in [4.69, 9.17) is 20.8 Å². The van der Waals surface area contributed by atoms with Crippen LogP contribution in [0.5, 0.6) is 5.75 Å². The number of carbonyl (C=O) groups is 1. The van der Waals surface area contributed by atoms with Crippen LogP contribution in [0.1, 0.15) is 42.9 Å². The third-order valence-corrected chi connectivity index (χ3v) is 4.93. The molecule has 0 unspecified atom stereocenters. The van der Waals surface area contributed by atoms with Gasteiger partial charge in [0.15, 0.2) is 0 Å². The van der Waals surface area contributed by atoms with Gasteiger partial charge in [-0.3, -0.25) is 4.79 Å². The number of nitrogens with zero attached hydrogens (tertiary/aromatic N) is 3. The largest absolute Gasteiger partial charge is 0.491 e. The Hall–Kier alpha value is -2.86. The first-order chi connectivity index (χ1) is 14.0. The molecule has 0 atom stereocenters. The molecule has 1 aliphatic carbocycles. The van der Waals surface area contributed by atoms with Gasteiger partial charge in [-0.2, -0.15) is 0 Å². The molecule has 29 heavy (non-hydrogen) atoms. The maximum Gasteiger partial charge on any atom is 0.254 e. The maximum absolute atomic E-state index is 13.1. The molecular formula is C22H22ClN3O3. The molecule has 0 aliphatic heterocycles. The summed E-state index contributed by atoms with van der Waals surface area (Å²) in [6.07, 6.45) is 2.04. The first-order valence-corrected chi connectivity index (χ1v) is 10.0. The maximum atomic E-state index is 13.1. The van der Waals surface area contributed by atoms with Crippen molar-refractivity contribution in [2.45, 2.75) is 45.4 Å². The predicted molar refractivity (Wildman–Crippen MR) is 110 cm³/mol. The number of hydrogen-bond donors (Lipinski definition) is 0. The Morgan fingerprint density at radius 1 is 1.17 bits per heavy atom. The molecule has 150 valence electrons. The summed E-state index contributed by atoms with van der Waals surface area (Å²) in [6.45, 7) is 4.20. The molecule has 1 amide bonds. The fourth-order valence-corrected chi connectivity index (χ4v) is 3.29. The van der Waals surface area contributed by atoms with E-state index in [-0.39, 0.29) is 24.6 Å². The van der Waals surface area contributed by atoms with Gasteiger partial charge in [0.2, 0.25) is 11.8 Å². The molecule has 6 nitrogen and oxygen atoms in total. The lowest BCUT2D eigenvalue weighted by Crippen LogP contribution is -2.32. The number of hydrogen-bond acceptors (Lipinski definition) is 5. The van der Waals surface area contributed by atoms with Crippen molar-refractivity contribution in [1.82, 2.24) is 15.1 Å². The Kier molecular flexibility index (Phi) is 5.53. The lowest BCUT2D eigenvalue weighted by Gasteiger charge is -2.21. The van der Waals surface area contributed by atoms with Gasteiger partial charge >= 0.3 is 0 Å². The van der Waals surface area contributed by atoms with Gasteiger partial charge in [0.05, 0.1) is 23.2 Å². The lowest BCUT2D eigenvalue weighted by atomic mass is 10.2. The van der Waals surface area contributed by atoms with E-state index in [1.165, 1.54) is 0 Å². The number of carbonyl (C=O) groups excluding carboxylic acids is 1. The smallest absolute Gasteiger partial charge is 0.254 e. The number of benzene rings is 2. The number of ether oxygens (including phenoxy) is 1. The van der Waals surface area contributed by atoms with Gasteiger partial charge in [-0.25, -0.2) is 0 Å². The van der Waals surface area contributed by atoms with E-state index in [0.717, 1.165) is 18.6 Å². The first-order valence-electron chi connectivity index (χ1n) is 9.66. The summed E-state index contributed by atoms with van der Waals surface area (Å²) in [5, 5.41) is 8.76. The van der Waals surface area contributed by atoms with Crippen LogP contribution >= 0.6 is 11.6 Å². The fourth-order valence-electron chi connectivity index (χ4n) is 3.07. The minimum absolute atomic E-state index is 0.0545. The summed E-state index contributed by atoms with van der Waals surface area (Å²) in [5.41, 5.74) is 1.29. The highest BCUT2D eigenvalue weighted by atomic mass is 35.5. The lowest BCUT2D eigenvalue weighted by molar-refractivity contribution is 0.0714. The zero-order valence-electron chi connectivity index (χ0n) is 16.3. The molecule has 0 saturated heterocycles. The van der Waals surface area contributed by atoms with Crippen LogP contribution in [-0.4, -0.2) is 33.2 Å². The van der Waals surface area contributed by atoms with E-state index in [1.54, 1.807) is 23.1 Å². The minimum Gasteiger partial charge on any atom is -0.491 e. The highest BCUT2D eigenvalue weighted by molar-refractivity contribution is 6.33. The van der Waals surface area contributed by atoms with Crippen LogP contribution in [0.2, 0.25) is 5.02 Å². The monoisotopic (exact) mass is 411 g/mol. The molecule has 1 aliphatic rings. The summed E-state index contributed by atoms with van der Waals surface area (Å²) in [4.78, 5) is 14.9. The summed E-state index contributed by atoms with van der Waals surface area (Å²) >= 11 is 6.21. The van der Waals surface area contributed by atoms with Crippen molar-refractivity contribution >= 4 is 17.5 Å². The van der Waals surface area contributed by atoms with Crippen molar-refractivity contribution < 1.29 is 13.9 Å². The normalized spacial score (nSPS) is 13.5. The van der Waals surface area contributed by atoms with E-state index >= 15 is 0 Å². The Morgan fingerprint density at radius 2 is 1.90 bits per heavy atom. The standard InChI is InChI=1S/C22H22ClN3O3/c1-14(2)28-17-11-7-15(8-12-17)22(27)26(16-9-10-16)13-20-24-25-21(29-20)18-5-3-4-6-19(18)23/h3-8,11-12,14,16H,9-10,13H2,1-2H3. The highest BCUT2D eigenvalue weighted by Crippen LogP contribution is 2.31. The van der Waals surface area contributed by atoms with Crippen molar-refractivity contribution in [2.24, 2.45) is 0 Å². The summed E-state index contributed by atoms with van der Waals surface area (Å²) in [6, 6.07) is 14.7. The third kappa shape index (κ3) is 4.59. The molecule has 1 fully saturated rings.